The Morgan fingerprint density at radius 2 is 2.18 bits per heavy atom. The Kier molecular flexibility index (Phi) is 5.08. The summed E-state index contributed by atoms with van der Waals surface area (Å²) < 4.78 is 10.8. The summed E-state index contributed by atoms with van der Waals surface area (Å²) in [6.07, 6.45) is -0.607. The van der Waals surface area contributed by atoms with Crippen LogP contribution >= 0.6 is 11.6 Å². The van der Waals surface area contributed by atoms with Crippen LogP contribution in [-0.4, -0.2) is 29.1 Å². The molecule has 2 aromatic rings. The van der Waals surface area contributed by atoms with E-state index in [-0.39, 0.29) is 5.91 Å². The van der Waals surface area contributed by atoms with Gasteiger partial charge in [0, 0.05) is 17.6 Å². The fourth-order valence-corrected chi connectivity index (χ4v) is 2.33. The molecule has 0 spiro atoms. The average Bonchev–Trinajstić information content (AvgIpc) is 2.78. The first kappa shape index (κ1) is 16.4. The normalized spacial score (nSPS) is 12.0. The molecule has 1 amide bonds. The van der Waals surface area contributed by atoms with Crippen molar-refractivity contribution < 1.29 is 14.1 Å². The number of ether oxygens (including phenoxy) is 1. The van der Waals surface area contributed by atoms with Crippen molar-refractivity contribution in [2.24, 2.45) is 0 Å². The number of aryl methyl sites for hydroxylation is 2. The monoisotopic (exact) mass is 322 g/mol. The number of benzene rings is 1. The minimum absolute atomic E-state index is 0.125. The molecule has 6 heteroatoms. The first-order valence-corrected chi connectivity index (χ1v) is 7.35. The first-order chi connectivity index (χ1) is 10.4. The van der Waals surface area contributed by atoms with Gasteiger partial charge in [0.15, 0.2) is 6.10 Å². The Balaban J connectivity index is 2.01. The van der Waals surface area contributed by atoms with E-state index < -0.39 is 6.10 Å². The maximum absolute atomic E-state index is 12.4. The molecule has 1 aromatic carbocycles. The molecule has 0 fully saturated rings. The molecule has 1 unspecified atom stereocenters. The molecule has 0 radical (unpaired) electrons. The fourth-order valence-electron chi connectivity index (χ4n) is 2.15. The third-order valence-corrected chi connectivity index (χ3v) is 3.64. The summed E-state index contributed by atoms with van der Waals surface area (Å²) >= 11 is 5.91. The number of amides is 1. The van der Waals surface area contributed by atoms with Crippen LogP contribution in [0.2, 0.25) is 5.02 Å². The van der Waals surface area contributed by atoms with Crippen LogP contribution in [0.4, 0.5) is 0 Å². The molecule has 0 saturated heterocycles. The van der Waals surface area contributed by atoms with Crippen molar-refractivity contribution in [3.8, 4) is 5.75 Å². The Morgan fingerprint density at radius 1 is 1.45 bits per heavy atom. The summed E-state index contributed by atoms with van der Waals surface area (Å²) in [6.45, 7) is 5.84. The lowest BCUT2D eigenvalue weighted by Crippen LogP contribution is -2.37. The van der Waals surface area contributed by atoms with Gasteiger partial charge in [-0.05, 0) is 39.0 Å². The van der Waals surface area contributed by atoms with Gasteiger partial charge in [0.2, 0.25) is 0 Å². The van der Waals surface area contributed by atoms with E-state index >= 15 is 0 Å². The van der Waals surface area contributed by atoms with E-state index in [0.29, 0.717) is 17.3 Å². The standard InChI is InChI=1S/C16H19ClN2O3/c1-10-15(11(2)22-18-10)9-19(4)16(20)12(3)21-14-7-5-6-13(17)8-14/h5-8,12H,9H2,1-4H3. The van der Waals surface area contributed by atoms with Crippen molar-refractivity contribution in [3.63, 3.8) is 0 Å². The molecule has 0 aliphatic rings. The highest BCUT2D eigenvalue weighted by Crippen LogP contribution is 2.19. The molecule has 1 heterocycles. The quantitative estimate of drug-likeness (QED) is 0.847. The van der Waals surface area contributed by atoms with E-state index in [2.05, 4.69) is 5.16 Å². The second kappa shape index (κ2) is 6.83. The highest BCUT2D eigenvalue weighted by Gasteiger charge is 2.21. The van der Waals surface area contributed by atoms with E-state index in [4.69, 9.17) is 20.9 Å². The number of carbonyl (C=O) groups is 1. The number of nitrogens with zero attached hydrogens (tertiary/aromatic N) is 2. The van der Waals surface area contributed by atoms with Gasteiger partial charge in [-0.25, -0.2) is 0 Å². The molecule has 1 aromatic heterocycles. The van der Waals surface area contributed by atoms with Crippen molar-refractivity contribution >= 4 is 17.5 Å². The van der Waals surface area contributed by atoms with Crippen LogP contribution in [0, 0.1) is 13.8 Å². The molecule has 2 rings (SSSR count). The zero-order chi connectivity index (χ0) is 16.3. The van der Waals surface area contributed by atoms with Crippen molar-refractivity contribution in [1.29, 1.82) is 0 Å². The minimum atomic E-state index is -0.607. The van der Waals surface area contributed by atoms with E-state index in [0.717, 1.165) is 17.0 Å². The molecule has 0 N–H and O–H groups in total. The Bertz CT molecular complexity index is 650. The zero-order valence-corrected chi connectivity index (χ0v) is 13.8. The predicted molar refractivity (Wildman–Crippen MR) is 84.0 cm³/mol. The molecule has 5 nitrogen and oxygen atoms in total. The maximum Gasteiger partial charge on any atom is 0.263 e. The van der Waals surface area contributed by atoms with E-state index in [9.17, 15) is 4.79 Å². The van der Waals surface area contributed by atoms with Crippen LogP contribution in [0.1, 0.15) is 23.9 Å². The van der Waals surface area contributed by atoms with Gasteiger partial charge >= 0.3 is 0 Å². The molecule has 0 saturated carbocycles. The number of aromatic nitrogens is 1. The summed E-state index contributed by atoms with van der Waals surface area (Å²) in [4.78, 5) is 14.0. The van der Waals surface area contributed by atoms with Crippen LogP contribution in [0.5, 0.6) is 5.75 Å². The second-order valence-corrected chi connectivity index (χ2v) is 5.65. The summed E-state index contributed by atoms with van der Waals surface area (Å²) in [6, 6.07) is 6.98. The lowest BCUT2D eigenvalue weighted by Gasteiger charge is -2.22. The highest BCUT2D eigenvalue weighted by atomic mass is 35.5. The summed E-state index contributed by atoms with van der Waals surface area (Å²) in [5.41, 5.74) is 1.71. The SMILES string of the molecule is Cc1noc(C)c1CN(C)C(=O)C(C)Oc1cccc(Cl)c1. The van der Waals surface area contributed by atoms with Gasteiger partial charge in [-0.3, -0.25) is 4.79 Å². The predicted octanol–water partition coefficient (Wildman–Crippen LogP) is 3.37. The van der Waals surface area contributed by atoms with Gasteiger partial charge in [-0.1, -0.05) is 22.8 Å². The molecular formula is C16H19ClN2O3. The number of halogens is 1. The number of hydrogen-bond acceptors (Lipinski definition) is 4. The Labute approximate surface area is 134 Å². The van der Waals surface area contributed by atoms with Gasteiger partial charge in [0.25, 0.3) is 5.91 Å². The van der Waals surface area contributed by atoms with Gasteiger partial charge in [-0.15, -0.1) is 0 Å². The van der Waals surface area contributed by atoms with Gasteiger partial charge in [-0.2, -0.15) is 0 Å². The average molecular weight is 323 g/mol. The van der Waals surface area contributed by atoms with Crippen LogP contribution in [0.3, 0.4) is 0 Å². The van der Waals surface area contributed by atoms with Crippen molar-refractivity contribution in [2.75, 3.05) is 7.05 Å². The van der Waals surface area contributed by atoms with Crippen LogP contribution in [0.25, 0.3) is 0 Å². The van der Waals surface area contributed by atoms with Crippen LogP contribution < -0.4 is 4.74 Å². The van der Waals surface area contributed by atoms with Crippen molar-refractivity contribution in [2.45, 2.75) is 33.4 Å². The lowest BCUT2D eigenvalue weighted by molar-refractivity contribution is -0.137. The summed E-state index contributed by atoms with van der Waals surface area (Å²) in [7, 11) is 1.73. The molecule has 0 bridgehead atoms. The van der Waals surface area contributed by atoms with E-state index in [1.54, 1.807) is 43.1 Å². The first-order valence-electron chi connectivity index (χ1n) is 6.97. The summed E-state index contributed by atoms with van der Waals surface area (Å²) in [5.74, 6) is 1.17. The topological polar surface area (TPSA) is 55.6 Å². The van der Waals surface area contributed by atoms with Gasteiger partial charge < -0.3 is 14.2 Å². The number of carbonyl (C=O) groups excluding carboxylic acids is 1. The van der Waals surface area contributed by atoms with Crippen LogP contribution in [-0.2, 0) is 11.3 Å². The molecule has 0 aliphatic heterocycles. The van der Waals surface area contributed by atoms with Gasteiger partial charge in [0.1, 0.15) is 11.5 Å². The molecular weight excluding hydrogens is 304 g/mol. The fraction of sp³-hybridized carbons (Fsp3) is 0.375. The van der Waals surface area contributed by atoms with Crippen LogP contribution in [0.15, 0.2) is 28.8 Å². The Hall–Kier alpha value is -2.01. The molecule has 0 aliphatic carbocycles. The number of hydrogen-bond donors (Lipinski definition) is 0. The number of rotatable bonds is 5. The van der Waals surface area contributed by atoms with Gasteiger partial charge in [0.05, 0.1) is 12.2 Å². The summed E-state index contributed by atoms with van der Waals surface area (Å²) in [5, 5.41) is 4.46. The maximum atomic E-state index is 12.4. The van der Waals surface area contributed by atoms with Crippen molar-refractivity contribution in [3.05, 3.63) is 46.3 Å². The third-order valence-electron chi connectivity index (χ3n) is 3.41. The smallest absolute Gasteiger partial charge is 0.263 e. The molecule has 22 heavy (non-hydrogen) atoms. The van der Waals surface area contributed by atoms with Crippen molar-refractivity contribution in [1.82, 2.24) is 10.1 Å². The Morgan fingerprint density at radius 3 is 2.77 bits per heavy atom. The van der Waals surface area contributed by atoms with E-state index in [1.807, 2.05) is 13.8 Å². The lowest BCUT2D eigenvalue weighted by atomic mass is 10.2. The number of likely N-dealkylation sites (N-methyl/N-ethyl adjacent to an activating group) is 1. The molecule has 118 valence electrons. The molecule has 1 atom stereocenters. The second-order valence-electron chi connectivity index (χ2n) is 5.21. The minimum Gasteiger partial charge on any atom is -0.481 e. The van der Waals surface area contributed by atoms with E-state index in [1.165, 1.54) is 0 Å². The zero-order valence-electron chi connectivity index (χ0n) is 13.1. The highest BCUT2D eigenvalue weighted by molar-refractivity contribution is 6.30. The third kappa shape index (κ3) is 3.80. The largest absolute Gasteiger partial charge is 0.481 e.